The Morgan fingerprint density at radius 3 is 2.71 bits per heavy atom. The molecule has 1 nitrogen and oxygen atoms in total. The Morgan fingerprint density at radius 1 is 1.35 bits per heavy atom. The molecule has 0 aliphatic rings. The van der Waals surface area contributed by atoms with Crippen LogP contribution in [0.1, 0.15) is 28.3 Å². The number of hydrogen-bond acceptors (Lipinski definition) is 2. The lowest BCUT2D eigenvalue weighted by atomic mass is 10.1. The largest absolute Gasteiger partial charge is 0.320 e. The fraction of sp³-hybridized carbons (Fsp3) is 0.231. The van der Waals surface area contributed by atoms with Gasteiger partial charge >= 0.3 is 0 Å². The van der Waals surface area contributed by atoms with Gasteiger partial charge in [-0.3, -0.25) is 0 Å². The second kappa shape index (κ2) is 5.29. The molecular formula is C13H13BrFNS. The lowest BCUT2D eigenvalue weighted by Gasteiger charge is -2.11. The first-order valence-electron chi connectivity index (χ1n) is 5.41. The van der Waals surface area contributed by atoms with Crippen molar-refractivity contribution in [1.29, 1.82) is 0 Å². The molecular weight excluding hydrogens is 301 g/mol. The zero-order valence-electron chi connectivity index (χ0n) is 9.41. The minimum absolute atomic E-state index is 0.265. The van der Waals surface area contributed by atoms with Crippen molar-refractivity contribution in [2.75, 3.05) is 0 Å². The Morgan fingerprint density at radius 2 is 2.12 bits per heavy atom. The number of halogens is 2. The third-order valence-corrected chi connectivity index (χ3v) is 4.44. The van der Waals surface area contributed by atoms with Crippen molar-refractivity contribution in [1.82, 2.24) is 0 Å². The smallest absolute Gasteiger partial charge is 0.129 e. The summed E-state index contributed by atoms with van der Waals surface area (Å²) in [6.07, 6.45) is 0.986. The fourth-order valence-corrected chi connectivity index (χ4v) is 2.96. The van der Waals surface area contributed by atoms with Crippen molar-refractivity contribution in [2.45, 2.75) is 19.4 Å². The van der Waals surface area contributed by atoms with Crippen molar-refractivity contribution >= 4 is 27.3 Å². The molecule has 2 N–H and O–H groups in total. The summed E-state index contributed by atoms with van der Waals surface area (Å²) in [6, 6.07) is 8.64. The van der Waals surface area contributed by atoms with Gasteiger partial charge in [-0.1, -0.05) is 28.9 Å². The number of aryl methyl sites for hydroxylation is 1. The van der Waals surface area contributed by atoms with E-state index in [-0.39, 0.29) is 11.9 Å². The minimum atomic E-state index is -0.381. The van der Waals surface area contributed by atoms with Crippen LogP contribution in [0.15, 0.2) is 34.8 Å². The molecule has 0 spiro atoms. The van der Waals surface area contributed by atoms with Crippen LogP contribution in [0.5, 0.6) is 0 Å². The Kier molecular flexibility index (Phi) is 3.97. The minimum Gasteiger partial charge on any atom is -0.320 e. The van der Waals surface area contributed by atoms with Crippen LogP contribution < -0.4 is 5.73 Å². The van der Waals surface area contributed by atoms with Gasteiger partial charge in [-0.15, -0.1) is 11.3 Å². The van der Waals surface area contributed by atoms with Gasteiger partial charge in [-0.2, -0.15) is 0 Å². The summed E-state index contributed by atoms with van der Waals surface area (Å²) in [5, 5.41) is 0. The molecule has 90 valence electrons. The molecule has 0 fully saturated rings. The third-order valence-electron chi connectivity index (χ3n) is 2.63. The Hall–Kier alpha value is -0.710. The highest BCUT2D eigenvalue weighted by Gasteiger charge is 2.15. The van der Waals surface area contributed by atoms with E-state index in [2.05, 4.69) is 28.9 Å². The van der Waals surface area contributed by atoms with Gasteiger partial charge in [-0.05, 0) is 30.7 Å². The van der Waals surface area contributed by atoms with E-state index in [1.54, 1.807) is 17.4 Å². The van der Waals surface area contributed by atoms with E-state index in [4.69, 9.17) is 5.73 Å². The number of nitrogens with two attached hydrogens (primary N) is 1. The van der Waals surface area contributed by atoms with Gasteiger partial charge in [0, 0.05) is 19.8 Å². The summed E-state index contributed by atoms with van der Waals surface area (Å²) < 4.78 is 14.5. The molecule has 2 aromatic rings. The van der Waals surface area contributed by atoms with E-state index in [1.807, 2.05) is 12.1 Å². The topological polar surface area (TPSA) is 26.0 Å². The van der Waals surface area contributed by atoms with Crippen molar-refractivity contribution in [3.8, 4) is 0 Å². The van der Waals surface area contributed by atoms with E-state index in [0.717, 1.165) is 15.8 Å². The first kappa shape index (κ1) is 12.7. The zero-order valence-corrected chi connectivity index (χ0v) is 11.8. The first-order valence-corrected chi connectivity index (χ1v) is 7.02. The van der Waals surface area contributed by atoms with Crippen LogP contribution in [-0.2, 0) is 6.42 Å². The summed E-state index contributed by atoms with van der Waals surface area (Å²) in [5.74, 6) is -0.265. The SMILES string of the molecule is CCc1ccc(C(N)c2ccc(Br)cc2F)s1. The van der Waals surface area contributed by atoms with Crippen molar-refractivity contribution in [3.05, 3.63) is 55.9 Å². The van der Waals surface area contributed by atoms with Gasteiger partial charge in [-0.25, -0.2) is 4.39 Å². The molecule has 4 heteroatoms. The average molecular weight is 314 g/mol. The summed E-state index contributed by atoms with van der Waals surface area (Å²) in [7, 11) is 0. The number of hydrogen-bond donors (Lipinski definition) is 1. The number of benzene rings is 1. The van der Waals surface area contributed by atoms with Crippen LogP contribution in [0.2, 0.25) is 0 Å². The highest BCUT2D eigenvalue weighted by atomic mass is 79.9. The standard InChI is InChI=1S/C13H13BrFNS/c1-2-9-4-6-12(17-9)13(16)10-5-3-8(14)7-11(10)15/h3-7,13H,2,16H2,1H3. The van der Waals surface area contributed by atoms with Gasteiger partial charge in [0.05, 0.1) is 6.04 Å². The van der Waals surface area contributed by atoms with Crippen LogP contribution in [-0.4, -0.2) is 0 Å². The Balaban J connectivity index is 2.33. The molecule has 1 atom stereocenters. The van der Waals surface area contributed by atoms with E-state index < -0.39 is 0 Å². The molecule has 1 unspecified atom stereocenters. The van der Waals surface area contributed by atoms with E-state index in [9.17, 15) is 4.39 Å². The lowest BCUT2D eigenvalue weighted by molar-refractivity contribution is 0.600. The lowest BCUT2D eigenvalue weighted by Crippen LogP contribution is -2.12. The highest BCUT2D eigenvalue weighted by molar-refractivity contribution is 9.10. The fourth-order valence-electron chi connectivity index (χ4n) is 1.66. The third kappa shape index (κ3) is 2.76. The monoisotopic (exact) mass is 313 g/mol. The van der Waals surface area contributed by atoms with Crippen molar-refractivity contribution in [2.24, 2.45) is 5.73 Å². The van der Waals surface area contributed by atoms with E-state index in [1.165, 1.54) is 10.9 Å². The molecule has 0 radical (unpaired) electrons. The predicted octanol–water partition coefficient (Wildman–Crippen LogP) is 4.26. The van der Waals surface area contributed by atoms with Gasteiger partial charge in [0.2, 0.25) is 0 Å². The van der Waals surface area contributed by atoms with Crippen molar-refractivity contribution < 1.29 is 4.39 Å². The molecule has 0 saturated heterocycles. The summed E-state index contributed by atoms with van der Waals surface area (Å²) >= 11 is 4.88. The van der Waals surface area contributed by atoms with E-state index >= 15 is 0 Å². The predicted molar refractivity (Wildman–Crippen MR) is 73.8 cm³/mol. The van der Waals surface area contributed by atoms with Gasteiger partial charge in [0.15, 0.2) is 0 Å². The zero-order chi connectivity index (χ0) is 12.4. The van der Waals surface area contributed by atoms with Gasteiger partial charge in [0.1, 0.15) is 5.82 Å². The van der Waals surface area contributed by atoms with Crippen LogP contribution in [0.25, 0.3) is 0 Å². The van der Waals surface area contributed by atoms with Crippen LogP contribution >= 0.6 is 27.3 Å². The van der Waals surface area contributed by atoms with Crippen molar-refractivity contribution in [3.63, 3.8) is 0 Å². The van der Waals surface area contributed by atoms with Crippen LogP contribution in [0.3, 0.4) is 0 Å². The Bertz CT molecular complexity index is 524. The van der Waals surface area contributed by atoms with Gasteiger partial charge < -0.3 is 5.73 Å². The Labute approximate surface area is 113 Å². The normalized spacial score (nSPS) is 12.7. The molecule has 2 rings (SSSR count). The molecule has 1 aromatic carbocycles. The average Bonchev–Trinajstić information content (AvgIpc) is 2.76. The maximum absolute atomic E-state index is 13.8. The molecule has 0 saturated carbocycles. The molecule has 0 aliphatic heterocycles. The summed E-state index contributed by atoms with van der Waals surface area (Å²) in [4.78, 5) is 2.27. The van der Waals surface area contributed by atoms with Gasteiger partial charge in [0.25, 0.3) is 0 Å². The molecule has 0 aliphatic carbocycles. The molecule has 0 amide bonds. The maximum atomic E-state index is 13.8. The molecule has 1 heterocycles. The first-order chi connectivity index (χ1) is 8.11. The van der Waals surface area contributed by atoms with Crippen LogP contribution in [0, 0.1) is 5.82 Å². The molecule has 1 aromatic heterocycles. The quantitative estimate of drug-likeness (QED) is 0.900. The second-order valence-corrected chi connectivity index (χ2v) is 5.92. The second-order valence-electron chi connectivity index (χ2n) is 3.80. The summed E-state index contributed by atoms with van der Waals surface area (Å²) in [5.41, 5.74) is 6.63. The molecule has 0 bridgehead atoms. The summed E-state index contributed by atoms with van der Waals surface area (Å²) in [6.45, 7) is 2.10. The van der Waals surface area contributed by atoms with E-state index in [0.29, 0.717) is 5.56 Å². The number of thiophene rings is 1. The highest BCUT2D eigenvalue weighted by Crippen LogP contribution is 2.29. The maximum Gasteiger partial charge on any atom is 0.129 e. The number of rotatable bonds is 3. The van der Waals surface area contributed by atoms with Crippen LogP contribution in [0.4, 0.5) is 4.39 Å². The molecule has 17 heavy (non-hydrogen) atoms.